The normalized spacial score (nSPS) is 17.7. The largest absolute Gasteiger partial charge is 0.484 e. The molecule has 0 radical (unpaired) electrons. The SMILES string of the molecule is CS(=O)CCNC(=O)COc1ccc(CCC[N+]2(CCCc3ccc(OCC(=O)NCCS(C)=O)cc3)CCC[C@H](NC(=O)c3nc(Cl)c(N)nc3N)C2)cc1. The number of hydrogen-bond donors (Lipinski definition) is 5. The van der Waals surface area contributed by atoms with Crippen molar-refractivity contribution >= 4 is 62.6 Å². The number of anilines is 2. The number of carbonyl (C=O) groups excluding carboxylic acids is 3. The Balaban J connectivity index is 1.34. The zero-order valence-corrected chi connectivity index (χ0v) is 34.4. The monoisotopic (exact) mass is 833 g/mol. The third kappa shape index (κ3) is 15.3. The Morgan fingerprint density at radius 3 is 1.79 bits per heavy atom. The van der Waals surface area contributed by atoms with Crippen molar-refractivity contribution in [3.05, 3.63) is 70.5 Å². The van der Waals surface area contributed by atoms with Crippen LogP contribution in [0.1, 0.15) is 47.3 Å². The molecule has 1 aliphatic heterocycles. The zero-order chi connectivity index (χ0) is 40.5. The first kappa shape index (κ1) is 44.4. The van der Waals surface area contributed by atoms with Gasteiger partial charge in [-0.3, -0.25) is 22.8 Å². The molecule has 4 rings (SSSR count). The summed E-state index contributed by atoms with van der Waals surface area (Å²) < 4.78 is 34.5. The number of benzene rings is 2. The molecule has 18 heteroatoms. The van der Waals surface area contributed by atoms with Gasteiger partial charge in [-0.2, -0.15) is 0 Å². The van der Waals surface area contributed by atoms with Crippen LogP contribution >= 0.6 is 11.6 Å². The summed E-state index contributed by atoms with van der Waals surface area (Å²) in [6.45, 7) is 4.00. The molecule has 3 aromatic rings. The molecule has 3 atom stereocenters. The van der Waals surface area contributed by atoms with Crippen LogP contribution in [0.4, 0.5) is 11.6 Å². The average Bonchev–Trinajstić information content (AvgIpc) is 3.15. The number of rotatable bonds is 22. The molecule has 3 amide bonds. The van der Waals surface area contributed by atoms with Gasteiger partial charge >= 0.3 is 0 Å². The Labute approximate surface area is 338 Å². The minimum atomic E-state index is -0.969. The van der Waals surface area contributed by atoms with E-state index in [-0.39, 0.29) is 53.6 Å². The van der Waals surface area contributed by atoms with Gasteiger partial charge in [0.1, 0.15) is 11.5 Å². The number of aromatic nitrogens is 2. The van der Waals surface area contributed by atoms with Crippen LogP contribution in [0, 0.1) is 0 Å². The number of piperidine rings is 1. The van der Waals surface area contributed by atoms with Gasteiger partial charge in [0.25, 0.3) is 17.7 Å². The zero-order valence-electron chi connectivity index (χ0n) is 32.1. The summed E-state index contributed by atoms with van der Waals surface area (Å²) in [7, 11) is -1.94. The van der Waals surface area contributed by atoms with E-state index in [2.05, 4.69) is 25.9 Å². The third-order valence-electron chi connectivity index (χ3n) is 9.45. The van der Waals surface area contributed by atoms with Crippen molar-refractivity contribution in [2.24, 2.45) is 0 Å². The Hall–Kier alpha value is -4.32. The summed E-state index contributed by atoms with van der Waals surface area (Å²) >= 11 is 6.06. The number of nitrogens with two attached hydrogens (primary N) is 2. The fourth-order valence-corrected chi connectivity index (χ4v) is 7.54. The maximum atomic E-state index is 13.3. The van der Waals surface area contributed by atoms with Crippen LogP contribution in [0.5, 0.6) is 11.5 Å². The van der Waals surface area contributed by atoms with E-state index in [1.807, 2.05) is 48.5 Å². The quantitative estimate of drug-likeness (QED) is 0.0923. The number of aryl methyl sites for hydroxylation is 2. The lowest BCUT2D eigenvalue weighted by Gasteiger charge is -2.45. The number of hydrogen-bond acceptors (Lipinski definition) is 11. The van der Waals surface area contributed by atoms with E-state index in [1.54, 1.807) is 12.5 Å². The highest BCUT2D eigenvalue weighted by Gasteiger charge is 2.35. The highest BCUT2D eigenvalue weighted by Crippen LogP contribution is 2.25. The van der Waals surface area contributed by atoms with Gasteiger partial charge in [0.2, 0.25) is 0 Å². The molecular weight excluding hydrogens is 780 g/mol. The fourth-order valence-electron chi connectivity index (χ4n) is 6.63. The summed E-state index contributed by atoms with van der Waals surface area (Å²) in [5, 5.41) is 8.46. The minimum absolute atomic E-state index is 0.0325. The summed E-state index contributed by atoms with van der Waals surface area (Å²) in [4.78, 5) is 45.4. The fraction of sp³-hybridized carbons (Fsp3) is 0.500. The third-order valence-corrected chi connectivity index (χ3v) is 11.3. The Morgan fingerprint density at radius 1 is 0.804 bits per heavy atom. The van der Waals surface area contributed by atoms with Gasteiger partial charge in [0, 0.05) is 71.5 Å². The Morgan fingerprint density at radius 2 is 1.30 bits per heavy atom. The first-order valence-electron chi connectivity index (χ1n) is 18.6. The highest BCUT2D eigenvalue weighted by molar-refractivity contribution is 7.84. The number of nitrogens with one attached hydrogen (secondary N) is 3. The Bertz CT molecular complexity index is 1730. The van der Waals surface area contributed by atoms with E-state index in [9.17, 15) is 22.8 Å². The number of halogens is 1. The molecule has 2 heterocycles. The van der Waals surface area contributed by atoms with Gasteiger partial charge in [0.05, 0.1) is 32.2 Å². The van der Waals surface area contributed by atoms with Crippen LogP contribution in [0.2, 0.25) is 5.15 Å². The number of amides is 3. The second kappa shape index (κ2) is 22.4. The lowest BCUT2D eigenvalue weighted by Crippen LogP contribution is -2.60. The van der Waals surface area contributed by atoms with E-state index in [1.165, 1.54) is 0 Å². The molecule has 0 aliphatic carbocycles. The number of quaternary nitrogens is 1. The predicted octanol–water partition coefficient (Wildman–Crippen LogP) is 2.02. The van der Waals surface area contributed by atoms with Crippen molar-refractivity contribution in [2.45, 2.75) is 44.6 Å². The van der Waals surface area contributed by atoms with Crippen LogP contribution < -0.4 is 36.9 Å². The molecular formula is C38H54ClN8O7S2+. The van der Waals surface area contributed by atoms with Crippen LogP contribution in [0.15, 0.2) is 48.5 Å². The molecule has 1 aliphatic rings. The van der Waals surface area contributed by atoms with E-state index in [0.717, 1.165) is 80.3 Å². The highest BCUT2D eigenvalue weighted by atomic mass is 35.5. The summed E-state index contributed by atoms with van der Waals surface area (Å²) in [5.41, 5.74) is 14.0. The molecule has 1 aromatic heterocycles. The van der Waals surface area contributed by atoms with Crippen molar-refractivity contribution < 1.29 is 36.8 Å². The topological polar surface area (TPSA) is 218 Å². The van der Waals surface area contributed by atoms with Gasteiger partial charge in [-0.25, -0.2) is 9.97 Å². The molecule has 2 unspecified atom stereocenters. The van der Waals surface area contributed by atoms with Crippen LogP contribution in [-0.2, 0) is 44.0 Å². The second-order valence-corrected chi connectivity index (χ2v) is 17.4. The van der Waals surface area contributed by atoms with Crippen molar-refractivity contribution in [3.63, 3.8) is 0 Å². The Kier molecular flexibility index (Phi) is 17.8. The van der Waals surface area contributed by atoms with Gasteiger partial charge < -0.3 is 41.4 Å². The van der Waals surface area contributed by atoms with Gasteiger partial charge in [-0.05, 0) is 61.1 Å². The lowest BCUT2D eigenvalue weighted by atomic mass is 9.99. The first-order chi connectivity index (χ1) is 26.8. The van der Waals surface area contributed by atoms with Crippen molar-refractivity contribution in [2.75, 3.05) is 88.0 Å². The molecule has 1 fully saturated rings. The van der Waals surface area contributed by atoms with Gasteiger partial charge in [-0.15, -0.1) is 0 Å². The summed E-state index contributed by atoms with van der Waals surface area (Å²) in [6, 6.07) is 15.4. The van der Waals surface area contributed by atoms with Crippen molar-refractivity contribution in [1.29, 1.82) is 0 Å². The molecule has 1 saturated heterocycles. The number of nitrogen functional groups attached to an aromatic ring is 2. The van der Waals surface area contributed by atoms with E-state index >= 15 is 0 Å². The number of likely N-dealkylation sites (tertiary alicyclic amines) is 1. The van der Waals surface area contributed by atoms with Crippen LogP contribution in [0.25, 0.3) is 0 Å². The molecule has 0 spiro atoms. The van der Waals surface area contributed by atoms with Crippen LogP contribution in [-0.4, -0.2) is 123 Å². The lowest BCUT2D eigenvalue weighted by molar-refractivity contribution is -0.933. The molecule has 0 saturated carbocycles. The standard InChI is InChI=1S/C38H53ClN8O7S2/c1-55(51)22-17-42-32(48)25-53-30-13-9-27(10-14-30)6-3-19-47(21-5-8-29(24-47)44-38(50)34-36(40)46-37(41)35(39)45-34)20-4-7-28-11-15-31(16-12-28)54-26-33(49)43-18-23-56(2)52/h9-16,29H,3-8,17-26H2,1-2H3,(H6-,40,41,42,43,44,46,48,49,50)/p+1/t29-,47?,55?,56?/m0/s1. The predicted molar refractivity (Wildman–Crippen MR) is 220 cm³/mol. The second-order valence-electron chi connectivity index (χ2n) is 14.0. The summed E-state index contributed by atoms with van der Waals surface area (Å²) in [6.07, 6.45) is 8.47. The summed E-state index contributed by atoms with van der Waals surface area (Å²) in [5.74, 6) is 0.943. The smallest absolute Gasteiger partial charge is 0.274 e. The maximum Gasteiger partial charge on any atom is 0.274 e. The van der Waals surface area contributed by atoms with Crippen molar-refractivity contribution in [3.8, 4) is 11.5 Å². The van der Waals surface area contributed by atoms with E-state index < -0.39 is 27.5 Å². The molecule has 306 valence electrons. The van der Waals surface area contributed by atoms with Crippen LogP contribution in [0.3, 0.4) is 0 Å². The molecule has 7 N–H and O–H groups in total. The maximum absolute atomic E-state index is 13.3. The number of ether oxygens (including phenoxy) is 2. The minimum Gasteiger partial charge on any atom is -0.484 e. The molecule has 2 aromatic carbocycles. The first-order valence-corrected chi connectivity index (χ1v) is 22.5. The average molecular weight is 834 g/mol. The molecule has 56 heavy (non-hydrogen) atoms. The van der Waals surface area contributed by atoms with Gasteiger partial charge in [-0.1, -0.05) is 35.9 Å². The van der Waals surface area contributed by atoms with Crippen molar-refractivity contribution in [1.82, 2.24) is 25.9 Å². The number of carbonyl (C=O) groups is 3. The molecule has 15 nitrogen and oxygen atoms in total. The van der Waals surface area contributed by atoms with E-state index in [4.69, 9.17) is 32.5 Å². The number of nitrogens with zero attached hydrogens (tertiary/aromatic N) is 3. The van der Waals surface area contributed by atoms with Gasteiger partial charge in [0.15, 0.2) is 35.7 Å². The molecule has 0 bridgehead atoms. The van der Waals surface area contributed by atoms with E-state index in [0.29, 0.717) is 36.1 Å².